The Balaban J connectivity index is 1.76. The summed E-state index contributed by atoms with van der Waals surface area (Å²) in [6.07, 6.45) is 1.64. The van der Waals surface area contributed by atoms with Gasteiger partial charge in [0.25, 0.3) is 0 Å². The van der Waals surface area contributed by atoms with Crippen LogP contribution in [-0.2, 0) is 11.2 Å². The van der Waals surface area contributed by atoms with Crippen LogP contribution in [0.15, 0.2) is 35.7 Å². The van der Waals surface area contributed by atoms with Gasteiger partial charge in [0.2, 0.25) is 5.91 Å². The van der Waals surface area contributed by atoms with E-state index in [9.17, 15) is 9.59 Å². The minimum Gasteiger partial charge on any atom is -0.491 e. The molecule has 31 heavy (non-hydrogen) atoms. The van der Waals surface area contributed by atoms with Crippen LogP contribution in [0.4, 0.5) is 4.79 Å². The zero-order valence-corrected chi connectivity index (χ0v) is 19.7. The monoisotopic (exact) mass is 443 g/mol. The molecule has 1 aromatic heterocycles. The molecule has 0 spiro atoms. The van der Waals surface area contributed by atoms with E-state index in [-0.39, 0.29) is 30.6 Å². The number of fused-ring (bicyclic) bond motifs is 1. The third kappa shape index (κ3) is 5.79. The predicted octanol–water partition coefficient (Wildman–Crippen LogP) is 4.39. The Morgan fingerprint density at radius 3 is 2.77 bits per heavy atom. The molecule has 0 saturated carbocycles. The molecule has 1 atom stereocenters. The number of amides is 3. The summed E-state index contributed by atoms with van der Waals surface area (Å²) < 4.78 is 6.15. The maximum atomic E-state index is 13.3. The molecular formula is C24H33N3O3S. The summed E-state index contributed by atoms with van der Waals surface area (Å²) in [6.45, 7) is 9.53. The normalized spacial score (nSPS) is 15.5. The minimum atomic E-state index is -0.189. The average Bonchev–Trinajstić information content (AvgIpc) is 3.21. The highest BCUT2D eigenvalue weighted by Gasteiger charge is 2.33. The van der Waals surface area contributed by atoms with E-state index in [0.29, 0.717) is 19.7 Å². The van der Waals surface area contributed by atoms with Crippen molar-refractivity contribution in [2.75, 3.05) is 26.2 Å². The lowest BCUT2D eigenvalue weighted by Crippen LogP contribution is -2.50. The fourth-order valence-electron chi connectivity index (χ4n) is 3.88. The van der Waals surface area contributed by atoms with Crippen molar-refractivity contribution < 1.29 is 14.3 Å². The number of para-hydroxylation sites is 1. The Morgan fingerprint density at radius 2 is 2.06 bits per heavy atom. The quantitative estimate of drug-likeness (QED) is 0.658. The summed E-state index contributed by atoms with van der Waals surface area (Å²) in [5.41, 5.74) is 2.23. The van der Waals surface area contributed by atoms with Crippen LogP contribution in [-0.4, -0.2) is 54.0 Å². The molecule has 1 aromatic carbocycles. The second kappa shape index (κ2) is 10.7. The standard InChI is InChI=1S/C24H33N3O3S/c1-5-12-26(24(29)25-17(2)3)15-23(28)27-13-10-22-19(11-14-31-22)20(27)16-30-21-9-7-6-8-18(21)4/h6-9,11,14,17,20H,5,10,12-13,15-16H2,1-4H3,(H,25,29)/t20-/m0/s1. The molecule has 1 aliphatic rings. The summed E-state index contributed by atoms with van der Waals surface area (Å²) >= 11 is 1.73. The lowest BCUT2D eigenvalue weighted by molar-refractivity contribution is -0.135. The van der Waals surface area contributed by atoms with Crippen molar-refractivity contribution in [1.29, 1.82) is 0 Å². The van der Waals surface area contributed by atoms with Gasteiger partial charge in [0.05, 0.1) is 6.04 Å². The Bertz CT molecular complexity index is 896. The summed E-state index contributed by atoms with van der Waals surface area (Å²) in [4.78, 5) is 30.7. The summed E-state index contributed by atoms with van der Waals surface area (Å²) in [5, 5.41) is 4.99. The van der Waals surface area contributed by atoms with Crippen molar-refractivity contribution in [3.05, 3.63) is 51.7 Å². The lowest BCUT2D eigenvalue weighted by Gasteiger charge is -2.37. The smallest absolute Gasteiger partial charge is 0.318 e. The number of thiophene rings is 1. The number of hydrogen-bond acceptors (Lipinski definition) is 4. The Labute approximate surface area is 189 Å². The van der Waals surface area contributed by atoms with Gasteiger partial charge in [-0.15, -0.1) is 11.3 Å². The molecule has 168 valence electrons. The van der Waals surface area contributed by atoms with Gasteiger partial charge >= 0.3 is 6.03 Å². The van der Waals surface area contributed by atoms with E-state index < -0.39 is 0 Å². The van der Waals surface area contributed by atoms with Gasteiger partial charge in [0.1, 0.15) is 18.9 Å². The summed E-state index contributed by atoms with van der Waals surface area (Å²) in [6, 6.07) is 9.70. The summed E-state index contributed by atoms with van der Waals surface area (Å²) in [5.74, 6) is 0.795. The van der Waals surface area contributed by atoms with Gasteiger partial charge < -0.3 is 19.9 Å². The topological polar surface area (TPSA) is 61.9 Å². The van der Waals surface area contributed by atoms with Crippen LogP contribution >= 0.6 is 11.3 Å². The molecule has 2 aromatic rings. The molecule has 2 heterocycles. The van der Waals surface area contributed by atoms with Crippen LogP contribution in [0.5, 0.6) is 5.75 Å². The number of carbonyl (C=O) groups excluding carboxylic acids is 2. The van der Waals surface area contributed by atoms with E-state index in [0.717, 1.165) is 29.7 Å². The highest BCUT2D eigenvalue weighted by molar-refractivity contribution is 7.10. The first kappa shape index (κ1) is 23.1. The Morgan fingerprint density at radius 1 is 1.29 bits per heavy atom. The van der Waals surface area contributed by atoms with Crippen molar-refractivity contribution >= 4 is 23.3 Å². The fourth-order valence-corrected chi connectivity index (χ4v) is 4.80. The van der Waals surface area contributed by atoms with Gasteiger partial charge in [0, 0.05) is 24.0 Å². The van der Waals surface area contributed by atoms with E-state index in [4.69, 9.17) is 4.74 Å². The first-order valence-corrected chi connectivity index (χ1v) is 11.9. The molecule has 7 heteroatoms. The average molecular weight is 444 g/mol. The number of rotatable bonds is 8. The van der Waals surface area contributed by atoms with E-state index in [1.807, 2.05) is 56.9 Å². The van der Waals surface area contributed by atoms with Crippen LogP contribution in [0.3, 0.4) is 0 Å². The summed E-state index contributed by atoms with van der Waals surface area (Å²) in [7, 11) is 0. The van der Waals surface area contributed by atoms with Gasteiger partial charge in [-0.25, -0.2) is 4.79 Å². The van der Waals surface area contributed by atoms with Crippen LogP contribution < -0.4 is 10.1 Å². The van der Waals surface area contributed by atoms with E-state index in [2.05, 4.69) is 16.8 Å². The van der Waals surface area contributed by atoms with Crippen LogP contribution in [0.1, 0.15) is 49.2 Å². The molecule has 0 radical (unpaired) electrons. The second-order valence-electron chi connectivity index (χ2n) is 8.25. The van der Waals surface area contributed by atoms with E-state index in [1.165, 1.54) is 4.88 Å². The molecule has 6 nitrogen and oxygen atoms in total. The van der Waals surface area contributed by atoms with Gasteiger partial charge in [-0.3, -0.25) is 4.79 Å². The van der Waals surface area contributed by atoms with Crippen LogP contribution in [0, 0.1) is 6.92 Å². The van der Waals surface area contributed by atoms with Gasteiger partial charge in [-0.2, -0.15) is 0 Å². The third-order valence-electron chi connectivity index (χ3n) is 5.42. The zero-order valence-electron chi connectivity index (χ0n) is 18.9. The molecule has 0 aliphatic carbocycles. The molecule has 0 bridgehead atoms. The second-order valence-corrected chi connectivity index (χ2v) is 9.25. The molecule has 3 amide bonds. The van der Waals surface area contributed by atoms with Crippen LogP contribution in [0.2, 0.25) is 0 Å². The first-order valence-electron chi connectivity index (χ1n) is 11.0. The number of nitrogens with one attached hydrogen (secondary N) is 1. The van der Waals surface area contributed by atoms with Gasteiger partial charge in [0.15, 0.2) is 0 Å². The van der Waals surface area contributed by atoms with Crippen LogP contribution in [0.25, 0.3) is 0 Å². The van der Waals surface area contributed by atoms with Crippen molar-refractivity contribution in [1.82, 2.24) is 15.1 Å². The Kier molecular flexibility index (Phi) is 7.96. The van der Waals surface area contributed by atoms with Crippen molar-refractivity contribution in [3.8, 4) is 5.75 Å². The number of benzene rings is 1. The number of carbonyl (C=O) groups is 2. The van der Waals surface area contributed by atoms with Crippen molar-refractivity contribution in [2.45, 2.75) is 52.6 Å². The molecule has 0 saturated heterocycles. The largest absolute Gasteiger partial charge is 0.491 e. The lowest BCUT2D eigenvalue weighted by atomic mass is 10.0. The molecular weight excluding hydrogens is 410 g/mol. The van der Waals surface area contributed by atoms with Crippen molar-refractivity contribution in [2.24, 2.45) is 0 Å². The first-order chi connectivity index (χ1) is 14.9. The molecule has 0 fully saturated rings. The zero-order chi connectivity index (χ0) is 22.4. The third-order valence-corrected chi connectivity index (χ3v) is 6.42. The molecule has 3 rings (SSSR count). The minimum absolute atomic E-state index is 0.0283. The number of hydrogen-bond donors (Lipinski definition) is 1. The molecule has 0 unspecified atom stereocenters. The van der Waals surface area contributed by atoms with Gasteiger partial charge in [-0.05, 0) is 62.3 Å². The van der Waals surface area contributed by atoms with Crippen molar-refractivity contribution in [3.63, 3.8) is 0 Å². The number of ether oxygens (including phenoxy) is 1. The van der Waals surface area contributed by atoms with E-state index in [1.54, 1.807) is 16.2 Å². The Hall–Kier alpha value is -2.54. The highest BCUT2D eigenvalue weighted by atomic mass is 32.1. The number of aryl methyl sites for hydroxylation is 1. The highest BCUT2D eigenvalue weighted by Crippen LogP contribution is 2.34. The van der Waals surface area contributed by atoms with Gasteiger partial charge in [-0.1, -0.05) is 25.1 Å². The molecule has 1 aliphatic heterocycles. The maximum Gasteiger partial charge on any atom is 0.318 e. The fraction of sp³-hybridized carbons (Fsp3) is 0.500. The number of nitrogens with zero attached hydrogens (tertiary/aromatic N) is 2. The number of urea groups is 1. The SMILES string of the molecule is CCCN(CC(=O)N1CCc2sccc2[C@@H]1COc1ccccc1C)C(=O)NC(C)C. The molecule has 1 N–H and O–H groups in total. The van der Waals surface area contributed by atoms with E-state index >= 15 is 0 Å². The maximum absolute atomic E-state index is 13.3. The predicted molar refractivity (Wildman–Crippen MR) is 125 cm³/mol.